The number of nitrogens with two attached hydrogens (primary N) is 1. The Balaban J connectivity index is 0.000000263. The summed E-state index contributed by atoms with van der Waals surface area (Å²) in [5.74, 6) is 0. The fourth-order valence-corrected chi connectivity index (χ4v) is 7.24. The van der Waals surface area contributed by atoms with E-state index in [4.69, 9.17) is 5.73 Å². The van der Waals surface area contributed by atoms with Crippen molar-refractivity contribution in [1.29, 1.82) is 0 Å². The number of para-hydroxylation sites is 2. The van der Waals surface area contributed by atoms with Crippen LogP contribution < -0.4 is 10.6 Å². The Bertz CT molecular complexity index is 2510. The zero-order valence-electron chi connectivity index (χ0n) is 28.6. The summed E-state index contributed by atoms with van der Waals surface area (Å²) in [6.07, 6.45) is 0. The molecule has 244 valence electrons. The molecule has 0 saturated carbocycles. The number of hydrogen-bond donors (Lipinski definition) is 1. The second-order valence-electron chi connectivity index (χ2n) is 12.8. The summed E-state index contributed by atoms with van der Waals surface area (Å²) in [4.78, 5) is 2.16. The van der Waals surface area contributed by atoms with Crippen molar-refractivity contribution in [3.05, 3.63) is 200 Å². The third-order valence-electron chi connectivity index (χ3n) is 9.69. The largest absolute Gasteiger partial charge is 0.397 e. The van der Waals surface area contributed by atoms with Gasteiger partial charge in [0.15, 0.2) is 0 Å². The van der Waals surface area contributed by atoms with E-state index in [0.717, 1.165) is 17.1 Å². The SMILES string of the molecule is CN(c1cccc(-c2c3ccccc3c(-c3cccc4ccccc34)c3ccccc23)c1)c1ccccc1N.c1ccc(-c2ccccc2)cc1. The Hall–Kier alpha value is -6.64. The predicted octanol–water partition coefficient (Wildman–Crippen LogP) is 13.2. The number of fused-ring (bicyclic) bond motifs is 3. The summed E-state index contributed by atoms with van der Waals surface area (Å²) in [6.45, 7) is 0. The smallest absolute Gasteiger partial charge is 0.0641 e. The van der Waals surface area contributed by atoms with E-state index in [1.165, 1.54) is 65.7 Å². The molecular weight excluding hydrogens is 617 g/mol. The van der Waals surface area contributed by atoms with Crippen LogP contribution in [-0.4, -0.2) is 7.05 Å². The van der Waals surface area contributed by atoms with Crippen molar-refractivity contribution in [2.24, 2.45) is 0 Å². The van der Waals surface area contributed by atoms with Gasteiger partial charge in [-0.05, 0) is 90.0 Å². The van der Waals surface area contributed by atoms with Gasteiger partial charge in [0.1, 0.15) is 0 Å². The van der Waals surface area contributed by atoms with Gasteiger partial charge < -0.3 is 10.6 Å². The number of benzene rings is 9. The quantitative estimate of drug-likeness (QED) is 0.148. The molecule has 0 spiro atoms. The van der Waals surface area contributed by atoms with E-state index in [2.05, 4.69) is 182 Å². The molecule has 0 aliphatic heterocycles. The molecule has 2 nitrogen and oxygen atoms in total. The van der Waals surface area contributed by atoms with Gasteiger partial charge in [-0.3, -0.25) is 0 Å². The third kappa shape index (κ3) is 6.20. The van der Waals surface area contributed by atoms with E-state index >= 15 is 0 Å². The van der Waals surface area contributed by atoms with Crippen LogP contribution in [0.1, 0.15) is 0 Å². The number of hydrogen-bond acceptors (Lipinski definition) is 2. The predicted molar refractivity (Wildman–Crippen MR) is 221 cm³/mol. The zero-order valence-corrected chi connectivity index (χ0v) is 28.6. The summed E-state index contributed by atoms with van der Waals surface area (Å²) in [5, 5.41) is 7.54. The molecule has 0 unspecified atom stereocenters. The Kier molecular flexibility index (Phi) is 8.72. The number of nitrogen functional groups attached to an aromatic ring is 1. The van der Waals surface area contributed by atoms with Crippen LogP contribution >= 0.6 is 0 Å². The molecule has 2 heteroatoms. The van der Waals surface area contributed by atoms with Crippen LogP contribution in [0.5, 0.6) is 0 Å². The number of anilines is 3. The monoisotopic (exact) mass is 654 g/mol. The number of nitrogens with zero attached hydrogens (tertiary/aromatic N) is 1. The molecule has 0 radical (unpaired) electrons. The fraction of sp³-hybridized carbons (Fsp3) is 0.0204. The molecule has 51 heavy (non-hydrogen) atoms. The van der Waals surface area contributed by atoms with Crippen molar-refractivity contribution in [2.45, 2.75) is 0 Å². The molecule has 0 aromatic heterocycles. The Morgan fingerprint density at radius 3 is 1.43 bits per heavy atom. The summed E-state index contributed by atoms with van der Waals surface area (Å²) in [5.41, 5.74) is 16.7. The average molecular weight is 655 g/mol. The molecule has 9 rings (SSSR count). The van der Waals surface area contributed by atoms with Gasteiger partial charge in [0.25, 0.3) is 0 Å². The summed E-state index contributed by atoms with van der Waals surface area (Å²) < 4.78 is 0. The highest BCUT2D eigenvalue weighted by Crippen LogP contribution is 2.45. The van der Waals surface area contributed by atoms with Crippen LogP contribution in [0.15, 0.2) is 200 Å². The van der Waals surface area contributed by atoms with Gasteiger partial charge in [-0.15, -0.1) is 0 Å². The van der Waals surface area contributed by atoms with E-state index in [-0.39, 0.29) is 0 Å². The van der Waals surface area contributed by atoms with Crippen LogP contribution in [0.3, 0.4) is 0 Å². The van der Waals surface area contributed by atoms with E-state index < -0.39 is 0 Å². The average Bonchev–Trinajstić information content (AvgIpc) is 3.20. The minimum atomic E-state index is 0.765. The van der Waals surface area contributed by atoms with Gasteiger partial charge in [-0.25, -0.2) is 0 Å². The standard InChI is InChI=1S/C37H28N2.C12H10/c1-39(35-23-9-8-22-34(35)38)27-15-10-14-26(24-27)36-30-17-4-6-19-32(30)37(33-20-7-5-18-31(33)36)29-21-11-13-25-12-2-3-16-28(25)29;1-3-7-11(8-4-1)12-9-5-2-6-10-12/h2-24H,38H2,1H3;1-10H. The maximum absolute atomic E-state index is 6.33. The zero-order chi connectivity index (χ0) is 34.6. The molecule has 2 N–H and O–H groups in total. The van der Waals surface area contributed by atoms with E-state index in [0.29, 0.717) is 0 Å². The minimum absolute atomic E-state index is 0.765. The topological polar surface area (TPSA) is 29.3 Å². The van der Waals surface area contributed by atoms with Crippen molar-refractivity contribution < 1.29 is 0 Å². The van der Waals surface area contributed by atoms with Crippen LogP contribution in [-0.2, 0) is 0 Å². The fourth-order valence-electron chi connectivity index (χ4n) is 7.24. The van der Waals surface area contributed by atoms with Crippen LogP contribution in [0, 0.1) is 0 Å². The Morgan fingerprint density at radius 1 is 0.373 bits per heavy atom. The second-order valence-corrected chi connectivity index (χ2v) is 12.8. The summed E-state index contributed by atoms with van der Waals surface area (Å²) in [6, 6.07) is 70.5. The maximum atomic E-state index is 6.33. The lowest BCUT2D eigenvalue weighted by atomic mass is 9.84. The first kappa shape index (κ1) is 31.6. The lowest BCUT2D eigenvalue weighted by Gasteiger charge is -2.23. The molecule has 0 aliphatic carbocycles. The molecule has 0 heterocycles. The first-order valence-corrected chi connectivity index (χ1v) is 17.4. The number of rotatable bonds is 5. The first-order chi connectivity index (χ1) is 25.2. The van der Waals surface area contributed by atoms with Crippen molar-refractivity contribution in [3.8, 4) is 33.4 Å². The minimum Gasteiger partial charge on any atom is -0.397 e. The first-order valence-electron chi connectivity index (χ1n) is 17.4. The summed E-state index contributed by atoms with van der Waals surface area (Å²) in [7, 11) is 2.07. The van der Waals surface area contributed by atoms with E-state index in [1.807, 2.05) is 30.3 Å². The van der Waals surface area contributed by atoms with Gasteiger partial charge in [-0.1, -0.05) is 176 Å². The molecule has 0 saturated heterocycles. The molecule has 0 bridgehead atoms. The Morgan fingerprint density at radius 2 is 0.824 bits per heavy atom. The van der Waals surface area contributed by atoms with E-state index in [9.17, 15) is 0 Å². The van der Waals surface area contributed by atoms with Crippen molar-refractivity contribution in [1.82, 2.24) is 0 Å². The molecule has 0 atom stereocenters. The van der Waals surface area contributed by atoms with Crippen molar-refractivity contribution in [2.75, 3.05) is 17.7 Å². The maximum Gasteiger partial charge on any atom is 0.0641 e. The molecule has 0 fully saturated rings. The van der Waals surface area contributed by atoms with Crippen LogP contribution in [0.25, 0.3) is 65.7 Å². The van der Waals surface area contributed by atoms with Gasteiger partial charge in [0, 0.05) is 12.7 Å². The van der Waals surface area contributed by atoms with Gasteiger partial charge in [-0.2, -0.15) is 0 Å². The molecule has 0 amide bonds. The second kappa shape index (κ2) is 14.1. The molecular formula is C49H38N2. The highest BCUT2D eigenvalue weighted by Gasteiger charge is 2.18. The normalized spacial score (nSPS) is 10.9. The highest BCUT2D eigenvalue weighted by molar-refractivity contribution is 6.23. The Labute approximate surface area is 299 Å². The van der Waals surface area contributed by atoms with Gasteiger partial charge in [0.2, 0.25) is 0 Å². The van der Waals surface area contributed by atoms with Gasteiger partial charge >= 0.3 is 0 Å². The molecule has 0 aliphatic rings. The summed E-state index contributed by atoms with van der Waals surface area (Å²) >= 11 is 0. The molecule has 9 aromatic rings. The molecule has 9 aromatic carbocycles. The van der Waals surface area contributed by atoms with Gasteiger partial charge in [0.05, 0.1) is 11.4 Å². The third-order valence-corrected chi connectivity index (χ3v) is 9.69. The lowest BCUT2D eigenvalue weighted by molar-refractivity contribution is 1.21. The van der Waals surface area contributed by atoms with Crippen LogP contribution in [0.4, 0.5) is 17.1 Å². The van der Waals surface area contributed by atoms with E-state index in [1.54, 1.807) is 0 Å². The van der Waals surface area contributed by atoms with Crippen LogP contribution in [0.2, 0.25) is 0 Å². The van der Waals surface area contributed by atoms with Crippen molar-refractivity contribution >= 4 is 49.4 Å². The lowest BCUT2D eigenvalue weighted by Crippen LogP contribution is -2.11. The van der Waals surface area contributed by atoms with Crippen molar-refractivity contribution in [3.63, 3.8) is 0 Å². The highest BCUT2D eigenvalue weighted by atomic mass is 15.1.